The van der Waals surface area contributed by atoms with Gasteiger partial charge >= 0.3 is 0 Å². The van der Waals surface area contributed by atoms with Crippen LogP contribution in [0.1, 0.15) is 26.2 Å². The van der Waals surface area contributed by atoms with Crippen molar-refractivity contribution in [2.75, 3.05) is 11.1 Å². The van der Waals surface area contributed by atoms with E-state index in [1.165, 1.54) is 19.3 Å². The van der Waals surface area contributed by atoms with Gasteiger partial charge in [0.2, 0.25) is 0 Å². The van der Waals surface area contributed by atoms with Crippen molar-refractivity contribution in [2.45, 2.75) is 32.2 Å². The van der Waals surface area contributed by atoms with Crippen molar-refractivity contribution < 1.29 is 0 Å². The summed E-state index contributed by atoms with van der Waals surface area (Å²) in [6.45, 7) is 2.29. The van der Waals surface area contributed by atoms with Gasteiger partial charge in [0.1, 0.15) is 11.6 Å². The van der Waals surface area contributed by atoms with E-state index in [1.807, 2.05) is 0 Å². The number of hydrogen-bond acceptors (Lipinski definition) is 4. The van der Waals surface area contributed by atoms with Crippen LogP contribution in [-0.4, -0.2) is 16.0 Å². The molecule has 1 aromatic heterocycles. The lowest BCUT2D eigenvalue weighted by atomic mass is 10.1. The monoisotopic (exact) mass is 192 g/mol. The molecule has 3 N–H and O–H groups in total. The van der Waals surface area contributed by atoms with Gasteiger partial charge < -0.3 is 11.1 Å². The Morgan fingerprint density at radius 1 is 1.36 bits per heavy atom. The number of hydrogen-bond donors (Lipinski definition) is 2. The van der Waals surface area contributed by atoms with E-state index in [2.05, 4.69) is 22.2 Å². The minimum atomic E-state index is 0.468. The highest BCUT2D eigenvalue weighted by molar-refractivity contribution is 5.37. The van der Waals surface area contributed by atoms with Crippen molar-refractivity contribution in [3.05, 3.63) is 12.4 Å². The first-order valence-electron chi connectivity index (χ1n) is 5.08. The molecule has 1 aliphatic rings. The highest BCUT2D eigenvalue weighted by Crippen LogP contribution is 2.26. The number of nitrogens with one attached hydrogen (secondary N) is 1. The minimum absolute atomic E-state index is 0.468. The molecule has 2 unspecified atom stereocenters. The fraction of sp³-hybridized carbons (Fsp3) is 0.600. The topological polar surface area (TPSA) is 63.8 Å². The first kappa shape index (κ1) is 9.24. The molecule has 14 heavy (non-hydrogen) atoms. The van der Waals surface area contributed by atoms with Gasteiger partial charge in [-0.25, -0.2) is 9.97 Å². The molecule has 0 saturated heterocycles. The van der Waals surface area contributed by atoms with E-state index >= 15 is 0 Å². The quantitative estimate of drug-likeness (QED) is 0.748. The molecule has 4 nitrogen and oxygen atoms in total. The number of nitrogens with two attached hydrogens (primary N) is 1. The molecule has 0 amide bonds. The van der Waals surface area contributed by atoms with Gasteiger partial charge in [-0.2, -0.15) is 0 Å². The van der Waals surface area contributed by atoms with Gasteiger partial charge in [0.15, 0.2) is 0 Å². The molecule has 1 heterocycles. The Balaban J connectivity index is 1.94. The second-order valence-electron chi connectivity index (χ2n) is 4.09. The lowest BCUT2D eigenvalue weighted by Crippen LogP contribution is -2.16. The molecule has 0 spiro atoms. The Bertz CT molecular complexity index is 295. The zero-order chi connectivity index (χ0) is 9.97. The first-order valence-corrected chi connectivity index (χ1v) is 5.08. The lowest BCUT2D eigenvalue weighted by Gasteiger charge is -2.12. The third-order valence-electron chi connectivity index (χ3n) is 2.72. The Morgan fingerprint density at radius 2 is 2.21 bits per heavy atom. The summed E-state index contributed by atoms with van der Waals surface area (Å²) in [6.07, 6.45) is 7.04. The molecule has 76 valence electrons. The van der Waals surface area contributed by atoms with Crippen LogP contribution in [0.2, 0.25) is 0 Å². The summed E-state index contributed by atoms with van der Waals surface area (Å²) < 4.78 is 0. The van der Waals surface area contributed by atoms with Gasteiger partial charge in [0.05, 0.1) is 12.4 Å². The number of aromatic nitrogens is 2. The summed E-state index contributed by atoms with van der Waals surface area (Å²) in [4.78, 5) is 8.16. The molecular weight excluding hydrogens is 176 g/mol. The molecule has 0 aliphatic heterocycles. The third-order valence-corrected chi connectivity index (χ3v) is 2.72. The van der Waals surface area contributed by atoms with E-state index < -0.39 is 0 Å². The van der Waals surface area contributed by atoms with Crippen molar-refractivity contribution in [2.24, 2.45) is 5.92 Å². The van der Waals surface area contributed by atoms with E-state index in [4.69, 9.17) is 5.73 Å². The fourth-order valence-electron chi connectivity index (χ4n) is 1.96. The van der Waals surface area contributed by atoms with Crippen molar-refractivity contribution in [3.8, 4) is 0 Å². The molecule has 0 aromatic carbocycles. The smallest absolute Gasteiger partial charge is 0.144 e. The van der Waals surface area contributed by atoms with Gasteiger partial charge in [-0.3, -0.25) is 0 Å². The van der Waals surface area contributed by atoms with Crippen LogP contribution < -0.4 is 11.1 Å². The highest BCUT2D eigenvalue weighted by atomic mass is 15.0. The van der Waals surface area contributed by atoms with Crippen LogP contribution >= 0.6 is 0 Å². The van der Waals surface area contributed by atoms with Crippen LogP contribution in [0.3, 0.4) is 0 Å². The molecular formula is C10H16N4. The van der Waals surface area contributed by atoms with E-state index in [1.54, 1.807) is 12.4 Å². The second kappa shape index (κ2) is 3.82. The molecule has 1 aromatic rings. The number of rotatable bonds is 2. The van der Waals surface area contributed by atoms with Crippen LogP contribution in [0.15, 0.2) is 12.4 Å². The normalized spacial score (nSPS) is 26.4. The summed E-state index contributed by atoms with van der Waals surface area (Å²) in [5.41, 5.74) is 5.46. The van der Waals surface area contributed by atoms with Crippen LogP contribution in [0.4, 0.5) is 11.6 Å². The number of nitrogens with zero attached hydrogens (tertiary/aromatic N) is 2. The zero-order valence-electron chi connectivity index (χ0n) is 8.40. The summed E-state index contributed by atoms with van der Waals surface area (Å²) in [5.74, 6) is 2.13. The molecule has 0 bridgehead atoms. The molecule has 0 radical (unpaired) electrons. The standard InChI is InChI=1S/C10H16N4/c1-7-2-3-8(4-7)14-10-6-12-9(11)5-13-10/h5-8H,2-4H2,1H3,(H2,11,12)(H,13,14). The Kier molecular flexibility index (Phi) is 2.52. The predicted octanol–water partition coefficient (Wildman–Crippen LogP) is 1.66. The van der Waals surface area contributed by atoms with Crippen LogP contribution in [0.5, 0.6) is 0 Å². The van der Waals surface area contributed by atoms with Gasteiger partial charge in [-0.05, 0) is 25.2 Å². The van der Waals surface area contributed by atoms with E-state index in [0.717, 1.165) is 11.7 Å². The maximum Gasteiger partial charge on any atom is 0.144 e. The van der Waals surface area contributed by atoms with Crippen molar-refractivity contribution in [1.82, 2.24) is 9.97 Å². The van der Waals surface area contributed by atoms with Gasteiger partial charge in [-0.1, -0.05) is 6.92 Å². The predicted molar refractivity (Wildman–Crippen MR) is 56.9 cm³/mol. The SMILES string of the molecule is CC1CCC(Nc2cnc(N)cn2)C1. The van der Waals surface area contributed by atoms with Gasteiger partial charge in [0, 0.05) is 6.04 Å². The Hall–Kier alpha value is -1.32. The van der Waals surface area contributed by atoms with Crippen LogP contribution in [-0.2, 0) is 0 Å². The van der Waals surface area contributed by atoms with Gasteiger partial charge in [0.25, 0.3) is 0 Å². The molecule has 1 fully saturated rings. The molecule has 1 aliphatic carbocycles. The number of anilines is 2. The molecule has 4 heteroatoms. The lowest BCUT2D eigenvalue weighted by molar-refractivity contribution is 0.602. The van der Waals surface area contributed by atoms with Crippen molar-refractivity contribution in [3.63, 3.8) is 0 Å². The molecule has 1 saturated carbocycles. The van der Waals surface area contributed by atoms with Gasteiger partial charge in [-0.15, -0.1) is 0 Å². The third kappa shape index (κ3) is 2.13. The van der Waals surface area contributed by atoms with Crippen LogP contribution in [0.25, 0.3) is 0 Å². The summed E-state index contributed by atoms with van der Waals surface area (Å²) in [5, 5.41) is 3.37. The summed E-state index contributed by atoms with van der Waals surface area (Å²) in [7, 11) is 0. The van der Waals surface area contributed by atoms with Crippen molar-refractivity contribution in [1.29, 1.82) is 0 Å². The fourth-order valence-corrected chi connectivity index (χ4v) is 1.96. The highest BCUT2D eigenvalue weighted by Gasteiger charge is 2.21. The average Bonchev–Trinajstić information content (AvgIpc) is 2.56. The maximum atomic E-state index is 5.46. The summed E-state index contributed by atoms with van der Waals surface area (Å²) in [6, 6.07) is 0.558. The zero-order valence-corrected chi connectivity index (χ0v) is 8.40. The minimum Gasteiger partial charge on any atom is -0.382 e. The second-order valence-corrected chi connectivity index (χ2v) is 4.09. The Labute approximate surface area is 83.9 Å². The first-order chi connectivity index (χ1) is 6.74. The average molecular weight is 192 g/mol. The van der Waals surface area contributed by atoms with Crippen molar-refractivity contribution >= 4 is 11.6 Å². The largest absolute Gasteiger partial charge is 0.382 e. The molecule has 2 rings (SSSR count). The van der Waals surface area contributed by atoms with E-state index in [9.17, 15) is 0 Å². The van der Waals surface area contributed by atoms with Crippen LogP contribution in [0, 0.1) is 5.92 Å². The van der Waals surface area contributed by atoms with E-state index in [0.29, 0.717) is 11.9 Å². The molecule has 2 atom stereocenters. The Morgan fingerprint density at radius 3 is 2.79 bits per heavy atom. The maximum absolute atomic E-state index is 5.46. The number of nitrogen functional groups attached to an aromatic ring is 1. The van der Waals surface area contributed by atoms with E-state index in [-0.39, 0.29) is 0 Å². The summed E-state index contributed by atoms with van der Waals surface area (Å²) >= 11 is 0.